The molecule has 0 saturated heterocycles. The lowest BCUT2D eigenvalue weighted by molar-refractivity contribution is 0.125. The normalized spacial score (nSPS) is 13.6. The van der Waals surface area contributed by atoms with Gasteiger partial charge in [0.25, 0.3) is 0 Å². The summed E-state index contributed by atoms with van der Waals surface area (Å²) in [4.78, 5) is 0. The van der Waals surface area contributed by atoms with Crippen LogP contribution in [0.1, 0.15) is 40.5 Å². The molecule has 0 spiro atoms. The van der Waals surface area contributed by atoms with E-state index in [0.29, 0.717) is 6.04 Å². The first-order valence-electron chi connectivity index (χ1n) is 5.55. The van der Waals surface area contributed by atoms with Gasteiger partial charge in [-0.2, -0.15) is 0 Å². The van der Waals surface area contributed by atoms with Crippen LogP contribution in [0, 0.1) is 5.92 Å². The first-order valence-corrected chi connectivity index (χ1v) is 5.55. The van der Waals surface area contributed by atoms with Crippen molar-refractivity contribution in [3.63, 3.8) is 0 Å². The van der Waals surface area contributed by atoms with Gasteiger partial charge in [-0.25, -0.2) is 0 Å². The van der Waals surface area contributed by atoms with E-state index in [-0.39, 0.29) is 0 Å². The molecular weight excluding hydrogens is 162 g/mol. The molecule has 13 heavy (non-hydrogen) atoms. The lowest BCUT2D eigenvalue weighted by Crippen LogP contribution is -2.34. The molecule has 0 saturated carbocycles. The van der Waals surface area contributed by atoms with E-state index >= 15 is 0 Å². The molecule has 0 aliphatic carbocycles. The second-order valence-corrected chi connectivity index (χ2v) is 3.65. The number of hydrogen-bond acceptors (Lipinski definition) is 2. The molecule has 0 rings (SSSR count). The number of ether oxygens (including phenoxy) is 1. The van der Waals surface area contributed by atoms with Gasteiger partial charge in [0.1, 0.15) is 0 Å². The Kier molecular flexibility index (Phi) is 8.46. The monoisotopic (exact) mass is 187 g/mol. The largest absolute Gasteiger partial charge is 0.380 e. The van der Waals surface area contributed by atoms with Crippen LogP contribution in [0.4, 0.5) is 0 Å². The molecule has 1 atom stereocenters. The van der Waals surface area contributed by atoms with Crippen LogP contribution in [0.3, 0.4) is 0 Å². The second kappa shape index (κ2) is 8.52. The molecule has 1 N–H and O–H groups in total. The predicted octanol–water partition coefficient (Wildman–Crippen LogP) is 2.44. The number of hydrogen-bond donors (Lipinski definition) is 1. The standard InChI is InChI=1S/C11H25NO/c1-5-11(6-2)8-12-10(4)9-13-7-3/h10-12H,5-9H2,1-4H3. The molecule has 0 amide bonds. The van der Waals surface area contributed by atoms with E-state index in [4.69, 9.17) is 4.74 Å². The molecule has 0 aromatic carbocycles. The van der Waals surface area contributed by atoms with Crippen LogP contribution in [0.2, 0.25) is 0 Å². The van der Waals surface area contributed by atoms with Crippen LogP contribution < -0.4 is 5.32 Å². The summed E-state index contributed by atoms with van der Waals surface area (Å²) in [5.74, 6) is 0.823. The highest BCUT2D eigenvalue weighted by atomic mass is 16.5. The maximum Gasteiger partial charge on any atom is 0.0616 e. The van der Waals surface area contributed by atoms with E-state index in [1.165, 1.54) is 12.8 Å². The average Bonchev–Trinajstić information content (AvgIpc) is 2.16. The highest BCUT2D eigenvalue weighted by Gasteiger charge is 2.05. The highest BCUT2D eigenvalue weighted by Crippen LogP contribution is 2.05. The van der Waals surface area contributed by atoms with Gasteiger partial charge in [0, 0.05) is 12.6 Å². The molecule has 0 radical (unpaired) electrons. The Balaban J connectivity index is 3.38. The minimum Gasteiger partial charge on any atom is -0.380 e. The first kappa shape index (κ1) is 12.9. The average molecular weight is 187 g/mol. The summed E-state index contributed by atoms with van der Waals surface area (Å²) in [5.41, 5.74) is 0. The summed E-state index contributed by atoms with van der Waals surface area (Å²) in [6, 6.07) is 0.487. The van der Waals surface area contributed by atoms with Gasteiger partial charge in [0.2, 0.25) is 0 Å². The fraction of sp³-hybridized carbons (Fsp3) is 1.00. The topological polar surface area (TPSA) is 21.3 Å². The summed E-state index contributed by atoms with van der Waals surface area (Å²) in [6.45, 7) is 11.5. The van der Waals surface area contributed by atoms with Crippen LogP contribution in [-0.4, -0.2) is 25.8 Å². The van der Waals surface area contributed by atoms with Gasteiger partial charge in [-0.1, -0.05) is 26.7 Å². The van der Waals surface area contributed by atoms with E-state index in [0.717, 1.165) is 25.7 Å². The summed E-state index contributed by atoms with van der Waals surface area (Å²) < 4.78 is 5.33. The van der Waals surface area contributed by atoms with Gasteiger partial charge in [-0.05, 0) is 26.3 Å². The molecule has 0 aliphatic heterocycles. The Morgan fingerprint density at radius 2 is 1.77 bits per heavy atom. The molecular formula is C11H25NO. The maximum absolute atomic E-state index is 5.33. The van der Waals surface area contributed by atoms with Gasteiger partial charge < -0.3 is 10.1 Å². The van der Waals surface area contributed by atoms with Crippen molar-refractivity contribution in [3.8, 4) is 0 Å². The first-order chi connectivity index (χ1) is 6.24. The minimum absolute atomic E-state index is 0.487. The number of nitrogens with one attached hydrogen (secondary N) is 1. The lowest BCUT2D eigenvalue weighted by atomic mass is 10.0. The van der Waals surface area contributed by atoms with Gasteiger partial charge in [-0.3, -0.25) is 0 Å². The van der Waals surface area contributed by atoms with Crippen molar-refractivity contribution in [1.82, 2.24) is 5.32 Å². The van der Waals surface area contributed by atoms with E-state index < -0.39 is 0 Å². The third-order valence-electron chi connectivity index (χ3n) is 2.48. The molecule has 80 valence electrons. The summed E-state index contributed by atoms with van der Waals surface area (Å²) >= 11 is 0. The van der Waals surface area contributed by atoms with Gasteiger partial charge in [0.05, 0.1) is 6.61 Å². The molecule has 0 bridgehead atoms. The molecule has 0 aromatic heterocycles. The Morgan fingerprint density at radius 1 is 1.15 bits per heavy atom. The third kappa shape index (κ3) is 7.03. The van der Waals surface area contributed by atoms with Crippen LogP contribution in [-0.2, 0) is 4.74 Å². The van der Waals surface area contributed by atoms with Crippen LogP contribution in [0.15, 0.2) is 0 Å². The minimum atomic E-state index is 0.487. The van der Waals surface area contributed by atoms with E-state index in [2.05, 4.69) is 26.1 Å². The van der Waals surface area contributed by atoms with Crippen molar-refractivity contribution in [2.75, 3.05) is 19.8 Å². The third-order valence-corrected chi connectivity index (χ3v) is 2.48. The van der Waals surface area contributed by atoms with Crippen molar-refractivity contribution in [3.05, 3.63) is 0 Å². The summed E-state index contributed by atoms with van der Waals surface area (Å²) in [7, 11) is 0. The van der Waals surface area contributed by atoms with E-state index in [9.17, 15) is 0 Å². The Hall–Kier alpha value is -0.0800. The van der Waals surface area contributed by atoms with Crippen LogP contribution >= 0.6 is 0 Å². The zero-order valence-corrected chi connectivity index (χ0v) is 9.60. The number of rotatable bonds is 8. The van der Waals surface area contributed by atoms with Crippen molar-refractivity contribution >= 4 is 0 Å². The lowest BCUT2D eigenvalue weighted by Gasteiger charge is -2.18. The second-order valence-electron chi connectivity index (χ2n) is 3.65. The Bertz CT molecular complexity index is 102. The summed E-state index contributed by atoms with van der Waals surface area (Å²) in [6.07, 6.45) is 2.54. The Labute approximate surface area is 83.1 Å². The molecule has 0 fully saturated rings. The molecule has 1 unspecified atom stereocenters. The van der Waals surface area contributed by atoms with E-state index in [1.54, 1.807) is 0 Å². The fourth-order valence-corrected chi connectivity index (χ4v) is 1.30. The van der Waals surface area contributed by atoms with Crippen molar-refractivity contribution in [1.29, 1.82) is 0 Å². The van der Waals surface area contributed by atoms with E-state index in [1.807, 2.05) is 6.92 Å². The fourth-order valence-electron chi connectivity index (χ4n) is 1.30. The van der Waals surface area contributed by atoms with Crippen LogP contribution in [0.5, 0.6) is 0 Å². The quantitative estimate of drug-likeness (QED) is 0.630. The molecule has 2 nitrogen and oxygen atoms in total. The summed E-state index contributed by atoms with van der Waals surface area (Å²) in [5, 5.41) is 3.49. The molecule has 0 heterocycles. The smallest absolute Gasteiger partial charge is 0.0616 e. The zero-order chi connectivity index (χ0) is 10.1. The molecule has 2 heteroatoms. The SMILES string of the molecule is CCOCC(C)NCC(CC)CC. The maximum atomic E-state index is 5.33. The van der Waals surface area contributed by atoms with Gasteiger partial charge in [0.15, 0.2) is 0 Å². The zero-order valence-electron chi connectivity index (χ0n) is 9.60. The highest BCUT2D eigenvalue weighted by molar-refractivity contribution is 4.64. The predicted molar refractivity (Wildman–Crippen MR) is 58.0 cm³/mol. The van der Waals surface area contributed by atoms with Gasteiger partial charge in [-0.15, -0.1) is 0 Å². The molecule has 0 aliphatic rings. The van der Waals surface area contributed by atoms with Crippen molar-refractivity contribution < 1.29 is 4.74 Å². The Morgan fingerprint density at radius 3 is 2.23 bits per heavy atom. The van der Waals surface area contributed by atoms with Gasteiger partial charge >= 0.3 is 0 Å². The van der Waals surface area contributed by atoms with Crippen LogP contribution in [0.25, 0.3) is 0 Å². The van der Waals surface area contributed by atoms with Crippen molar-refractivity contribution in [2.45, 2.75) is 46.6 Å². The van der Waals surface area contributed by atoms with Crippen molar-refractivity contribution in [2.24, 2.45) is 5.92 Å². The molecule has 0 aromatic rings.